The van der Waals surface area contributed by atoms with Crippen molar-refractivity contribution in [3.63, 3.8) is 0 Å². The summed E-state index contributed by atoms with van der Waals surface area (Å²) in [6, 6.07) is 9.14. The van der Waals surface area contributed by atoms with Gasteiger partial charge in [-0.3, -0.25) is 14.9 Å². The quantitative estimate of drug-likeness (QED) is 0.293. The number of ether oxygens (including phenoxy) is 3. The molecule has 0 saturated carbocycles. The highest BCUT2D eigenvalue weighted by molar-refractivity contribution is 5.84. The molecule has 0 bridgehead atoms. The van der Waals surface area contributed by atoms with Gasteiger partial charge in [-0.25, -0.2) is 4.79 Å². The molecule has 4 rings (SSSR count). The number of carbonyl (C=O) groups excluding carboxylic acids is 3. The summed E-state index contributed by atoms with van der Waals surface area (Å²) in [4.78, 5) is 37.5. The van der Waals surface area contributed by atoms with Crippen LogP contribution in [-0.4, -0.2) is 48.1 Å². The van der Waals surface area contributed by atoms with E-state index >= 15 is 0 Å². The lowest BCUT2D eigenvalue weighted by Gasteiger charge is -2.44. The van der Waals surface area contributed by atoms with Crippen LogP contribution >= 0.6 is 0 Å². The number of aliphatic hydroxyl groups is 1. The van der Waals surface area contributed by atoms with Gasteiger partial charge in [0.05, 0.1) is 24.5 Å². The number of hydrogen-bond donors (Lipinski definition) is 2. The van der Waals surface area contributed by atoms with Crippen LogP contribution in [0.25, 0.3) is 0 Å². The summed E-state index contributed by atoms with van der Waals surface area (Å²) in [5.74, 6) is -0.311. The topological polar surface area (TPSA) is 111 Å². The number of allylic oxidation sites excluding steroid dienone is 2. The summed E-state index contributed by atoms with van der Waals surface area (Å²) in [5, 5.41) is 12.8. The fourth-order valence-electron chi connectivity index (χ4n) is 5.93. The summed E-state index contributed by atoms with van der Waals surface area (Å²) >= 11 is 0. The number of carbonyl (C=O) groups is 3. The van der Waals surface area contributed by atoms with E-state index in [0.29, 0.717) is 31.4 Å². The Hall–Kier alpha value is -3.13. The van der Waals surface area contributed by atoms with E-state index in [1.807, 2.05) is 39.0 Å². The molecule has 0 radical (unpaired) electrons. The zero-order valence-electron chi connectivity index (χ0n) is 24.0. The van der Waals surface area contributed by atoms with Crippen LogP contribution in [0.1, 0.15) is 66.2 Å². The third kappa shape index (κ3) is 7.53. The largest absolute Gasteiger partial charge is 0.462 e. The molecule has 1 aromatic rings. The zero-order valence-corrected chi connectivity index (χ0v) is 24.0. The Bertz CT molecular complexity index is 1110. The highest BCUT2D eigenvalue weighted by atomic mass is 16.6. The first-order valence-electron chi connectivity index (χ1n) is 14.5. The molecule has 7 atom stereocenters. The van der Waals surface area contributed by atoms with Gasteiger partial charge in [0.1, 0.15) is 12.2 Å². The highest BCUT2D eigenvalue weighted by Gasteiger charge is 2.44. The van der Waals surface area contributed by atoms with Gasteiger partial charge < -0.3 is 19.3 Å². The van der Waals surface area contributed by atoms with Crippen LogP contribution in [0.4, 0.5) is 10.5 Å². The SMILES string of the molecule is CCC(C)(C)C(=O)O[C@H]1C[C@H](COC(=O)Nc2ccccc2)C=C2C=C[C@H](C)C(CC[C@@H]3C[C@@H](O)CC(=O)O3)[C@H]21. The molecule has 0 aromatic heterocycles. The van der Waals surface area contributed by atoms with Crippen molar-refractivity contribution < 1.29 is 33.7 Å². The number of nitrogens with one attached hydrogen (secondary N) is 1. The number of hydrogen-bond acceptors (Lipinski definition) is 7. The van der Waals surface area contributed by atoms with Gasteiger partial charge in [0.25, 0.3) is 0 Å². The van der Waals surface area contributed by atoms with Crippen LogP contribution in [0, 0.1) is 29.1 Å². The third-order valence-electron chi connectivity index (χ3n) is 8.68. The normalized spacial score (nSPS) is 30.0. The van der Waals surface area contributed by atoms with E-state index in [-0.39, 0.29) is 60.8 Å². The Morgan fingerprint density at radius 2 is 1.90 bits per heavy atom. The summed E-state index contributed by atoms with van der Waals surface area (Å²) in [6.07, 6.45) is 7.67. The number of amides is 1. The minimum Gasteiger partial charge on any atom is -0.462 e. The summed E-state index contributed by atoms with van der Waals surface area (Å²) in [7, 11) is 0. The number of esters is 2. The second-order valence-electron chi connectivity index (χ2n) is 12.1. The summed E-state index contributed by atoms with van der Waals surface area (Å²) in [5.41, 5.74) is 1.13. The lowest BCUT2D eigenvalue weighted by Crippen LogP contribution is -2.44. The van der Waals surface area contributed by atoms with Crippen molar-refractivity contribution in [3.05, 3.63) is 54.1 Å². The molecule has 1 aliphatic heterocycles. The Labute approximate surface area is 237 Å². The van der Waals surface area contributed by atoms with Gasteiger partial charge >= 0.3 is 18.0 Å². The predicted octanol–water partition coefficient (Wildman–Crippen LogP) is 5.81. The van der Waals surface area contributed by atoms with Crippen molar-refractivity contribution in [2.45, 2.75) is 84.5 Å². The minimum atomic E-state index is -0.662. The maximum Gasteiger partial charge on any atom is 0.411 e. The molecular weight excluding hydrogens is 510 g/mol. The predicted molar refractivity (Wildman–Crippen MR) is 151 cm³/mol. The van der Waals surface area contributed by atoms with Gasteiger partial charge in [0, 0.05) is 23.9 Å². The van der Waals surface area contributed by atoms with E-state index in [2.05, 4.69) is 30.5 Å². The number of fused-ring (bicyclic) bond motifs is 1. The average molecular weight is 554 g/mol. The van der Waals surface area contributed by atoms with E-state index < -0.39 is 17.6 Å². The molecular formula is C32H43NO7. The molecule has 8 nitrogen and oxygen atoms in total. The van der Waals surface area contributed by atoms with Crippen LogP contribution in [0.5, 0.6) is 0 Å². The van der Waals surface area contributed by atoms with E-state index in [4.69, 9.17) is 14.2 Å². The summed E-state index contributed by atoms with van der Waals surface area (Å²) in [6.45, 7) is 8.10. The van der Waals surface area contributed by atoms with Crippen LogP contribution < -0.4 is 5.32 Å². The van der Waals surface area contributed by atoms with Gasteiger partial charge in [-0.05, 0) is 69.1 Å². The molecule has 1 unspecified atom stereocenters. The lowest BCUT2D eigenvalue weighted by atomic mass is 9.65. The number of benzene rings is 1. The average Bonchev–Trinajstić information content (AvgIpc) is 2.91. The second-order valence-corrected chi connectivity index (χ2v) is 12.1. The Kier molecular flexibility index (Phi) is 9.72. The van der Waals surface area contributed by atoms with Crippen molar-refractivity contribution in [2.75, 3.05) is 11.9 Å². The molecule has 1 amide bonds. The number of para-hydroxylation sites is 1. The number of anilines is 1. The number of rotatable bonds is 9. The van der Waals surface area contributed by atoms with Crippen LogP contribution in [0.15, 0.2) is 54.1 Å². The molecule has 1 fully saturated rings. The highest BCUT2D eigenvalue weighted by Crippen LogP contribution is 2.46. The maximum atomic E-state index is 13.2. The molecule has 40 heavy (non-hydrogen) atoms. The first-order chi connectivity index (χ1) is 19.1. The first-order valence-corrected chi connectivity index (χ1v) is 14.5. The smallest absolute Gasteiger partial charge is 0.411 e. The summed E-state index contributed by atoms with van der Waals surface area (Å²) < 4.78 is 17.3. The van der Waals surface area contributed by atoms with Crippen molar-refractivity contribution >= 4 is 23.7 Å². The first kappa shape index (κ1) is 29.8. The van der Waals surface area contributed by atoms with Crippen LogP contribution in [0.2, 0.25) is 0 Å². The van der Waals surface area contributed by atoms with Crippen LogP contribution in [-0.2, 0) is 23.8 Å². The monoisotopic (exact) mass is 553 g/mol. The van der Waals surface area contributed by atoms with E-state index in [0.717, 1.165) is 12.0 Å². The molecule has 0 spiro atoms. The third-order valence-corrected chi connectivity index (χ3v) is 8.68. The zero-order chi connectivity index (χ0) is 28.9. The molecule has 2 aliphatic carbocycles. The standard InChI is InChI=1S/C32H43NO7/c1-5-32(3,4)30(36)40-27-16-21(19-38-31(37)33-23-9-7-6-8-10-23)15-22-12-11-20(2)26(29(22)27)14-13-25-17-24(34)18-28(35)39-25/h6-12,15,20-21,24-27,29,34H,5,13-14,16-19H2,1-4H3,(H,33,37)/t20-,21+,24+,25+,26?,27-,29-/m0/s1. The van der Waals surface area contributed by atoms with E-state index in [1.165, 1.54) is 0 Å². The van der Waals surface area contributed by atoms with Gasteiger partial charge in [0.15, 0.2) is 0 Å². The Balaban J connectivity index is 1.49. The molecule has 1 saturated heterocycles. The molecule has 1 aromatic carbocycles. The molecule has 218 valence electrons. The molecule has 2 N–H and O–H groups in total. The second kappa shape index (κ2) is 13.0. The van der Waals surface area contributed by atoms with E-state index in [1.54, 1.807) is 12.1 Å². The minimum absolute atomic E-state index is 0.0183. The fraction of sp³-hybridized carbons (Fsp3) is 0.594. The van der Waals surface area contributed by atoms with Crippen LogP contribution in [0.3, 0.4) is 0 Å². The Morgan fingerprint density at radius 1 is 1.15 bits per heavy atom. The van der Waals surface area contributed by atoms with E-state index in [9.17, 15) is 19.5 Å². The number of cyclic esters (lactones) is 1. The van der Waals surface area contributed by atoms with Gasteiger partial charge in [-0.1, -0.05) is 50.3 Å². The van der Waals surface area contributed by atoms with Crippen molar-refractivity contribution in [1.82, 2.24) is 0 Å². The van der Waals surface area contributed by atoms with Crippen molar-refractivity contribution in [1.29, 1.82) is 0 Å². The number of aliphatic hydroxyl groups excluding tert-OH is 1. The molecule has 8 heteroatoms. The van der Waals surface area contributed by atoms with Crippen molar-refractivity contribution in [2.24, 2.45) is 29.1 Å². The molecule has 3 aliphatic rings. The Morgan fingerprint density at radius 3 is 2.60 bits per heavy atom. The molecule has 1 heterocycles. The van der Waals surface area contributed by atoms with Gasteiger partial charge in [-0.15, -0.1) is 0 Å². The van der Waals surface area contributed by atoms with Gasteiger partial charge in [0.2, 0.25) is 0 Å². The lowest BCUT2D eigenvalue weighted by molar-refractivity contribution is -0.166. The fourth-order valence-corrected chi connectivity index (χ4v) is 5.93. The maximum absolute atomic E-state index is 13.2. The van der Waals surface area contributed by atoms with Crippen molar-refractivity contribution in [3.8, 4) is 0 Å². The van der Waals surface area contributed by atoms with Gasteiger partial charge in [-0.2, -0.15) is 0 Å².